The molecule has 0 saturated heterocycles. The zero-order valence-corrected chi connectivity index (χ0v) is 12.3. The second-order valence-corrected chi connectivity index (χ2v) is 5.98. The Morgan fingerprint density at radius 1 is 1.25 bits per heavy atom. The molecule has 1 atom stereocenters. The Hall–Kier alpha value is -1.62. The van der Waals surface area contributed by atoms with E-state index in [2.05, 4.69) is 6.07 Å². The molecular formula is C18H23NO. The molecule has 1 aliphatic carbocycles. The lowest BCUT2D eigenvalue weighted by molar-refractivity contribution is -0.119. The summed E-state index contributed by atoms with van der Waals surface area (Å²) in [5.41, 5.74) is 1.99. The van der Waals surface area contributed by atoms with Gasteiger partial charge in [0.25, 0.3) is 0 Å². The summed E-state index contributed by atoms with van der Waals surface area (Å²) in [6.07, 6.45) is 7.98. The standard InChI is InChI=1S/C18H23NO/c1-14-7-10-16(11-8-14)17(13-19)18(20)12-9-15-5-3-2-4-6-15/h7-8,10-11,15,17H,2-6,9,12H2,1H3. The number of ketones is 1. The van der Waals surface area contributed by atoms with E-state index < -0.39 is 5.92 Å². The molecule has 1 aliphatic rings. The van der Waals surface area contributed by atoms with Gasteiger partial charge < -0.3 is 0 Å². The number of carbonyl (C=O) groups excluding carboxylic acids is 1. The van der Waals surface area contributed by atoms with Gasteiger partial charge in [-0.05, 0) is 24.8 Å². The van der Waals surface area contributed by atoms with Gasteiger partial charge in [0.15, 0.2) is 5.78 Å². The number of nitrogens with zero attached hydrogens (tertiary/aromatic N) is 1. The predicted molar refractivity (Wildman–Crippen MR) is 80.3 cm³/mol. The van der Waals surface area contributed by atoms with Crippen molar-refractivity contribution in [3.63, 3.8) is 0 Å². The molecule has 0 heterocycles. The molecule has 0 aliphatic heterocycles. The van der Waals surface area contributed by atoms with Gasteiger partial charge in [0.2, 0.25) is 0 Å². The van der Waals surface area contributed by atoms with Crippen LogP contribution in [0.1, 0.15) is 62.0 Å². The molecule has 20 heavy (non-hydrogen) atoms. The van der Waals surface area contributed by atoms with E-state index in [1.807, 2.05) is 31.2 Å². The average Bonchev–Trinajstić information content (AvgIpc) is 2.49. The van der Waals surface area contributed by atoms with Crippen LogP contribution < -0.4 is 0 Å². The van der Waals surface area contributed by atoms with E-state index in [0.29, 0.717) is 12.3 Å². The van der Waals surface area contributed by atoms with Crippen molar-refractivity contribution in [2.75, 3.05) is 0 Å². The molecule has 2 heteroatoms. The number of Topliss-reactive ketones (excluding diaryl/α,β-unsaturated/α-hetero) is 1. The Bertz CT molecular complexity index is 477. The number of carbonyl (C=O) groups is 1. The third-order valence-corrected chi connectivity index (χ3v) is 4.39. The van der Waals surface area contributed by atoms with E-state index in [1.54, 1.807) is 0 Å². The van der Waals surface area contributed by atoms with Gasteiger partial charge in [-0.2, -0.15) is 5.26 Å². The highest BCUT2D eigenvalue weighted by atomic mass is 16.1. The molecule has 0 radical (unpaired) electrons. The fraction of sp³-hybridized carbons (Fsp3) is 0.556. The molecule has 0 bridgehead atoms. The zero-order chi connectivity index (χ0) is 14.4. The highest BCUT2D eigenvalue weighted by molar-refractivity contribution is 5.88. The van der Waals surface area contributed by atoms with Gasteiger partial charge in [0.05, 0.1) is 6.07 Å². The minimum Gasteiger partial charge on any atom is -0.298 e. The van der Waals surface area contributed by atoms with Crippen molar-refractivity contribution >= 4 is 5.78 Å². The topological polar surface area (TPSA) is 40.9 Å². The first-order valence-electron chi connectivity index (χ1n) is 7.69. The fourth-order valence-corrected chi connectivity index (χ4v) is 3.06. The van der Waals surface area contributed by atoms with Crippen LogP contribution in [-0.2, 0) is 4.79 Å². The molecule has 1 unspecified atom stereocenters. The highest BCUT2D eigenvalue weighted by Crippen LogP contribution is 2.28. The van der Waals surface area contributed by atoms with Crippen molar-refractivity contribution in [2.24, 2.45) is 5.92 Å². The van der Waals surface area contributed by atoms with E-state index >= 15 is 0 Å². The second-order valence-electron chi connectivity index (χ2n) is 5.98. The lowest BCUT2D eigenvalue weighted by atomic mass is 9.84. The molecule has 0 aromatic heterocycles. The Balaban J connectivity index is 1.92. The van der Waals surface area contributed by atoms with Gasteiger partial charge in [-0.15, -0.1) is 0 Å². The molecule has 1 saturated carbocycles. The SMILES string of the molecule is Cc1ccc(C(C#N)C(=O)CCC2CCCCC2)cc1. The van der Waals surface area contributed by atoms with Gasteiger partial charge in [0, 0.05) is 6.42 Å². The monoisotopic (exact) mass is 269 g/mol. The summed E-state index contributed by atoms with van der Waals surface area (Å²) in [4.78, 5) is 12.3. The molecule has 1 aromatic carbocycles. The van der Waals surface area contributed by atoms with Gasteiger partial charge in [0.1, 0.15) is 5.92 Å². The summed E-state index contributed by atoms with van der Waals surface area (Å²) < 4.78 is 0. The molecule has 0 amide bonds. The second kappa shape index (κ2) is 7.24. The Kier molecular flexibility index (Phi) is 5.35. The summed E-state index contributed by atoms with van der Waals surface area (Å²) in [6.45, 7) is 2.01. The normalized spacial score (nSPS) is 17.4. The summed E-state index contributed by atoms with van der Waals surface area (Å²) in [7, 11) is 0. The summed E-state index contributed by atoms with van der Waals surface area (Å²) in [5, 5.41) is 9.29. The summed E-state index contributed by atoms with van der Waals surface area (Å²) in [5.74, 6) is 0.200. The van der Waals surface area contributed by atoms with Crippen LogP contribution in [0, 0.1) is 24.2 Å². The van der Waals surface area contributed by atoms with Gasteiger partial charge >= 0.3 is 0 Å². The molecule has 106 valence electrons. The molecule has 2 nitrogen and oxygen atoms in total. The van der Waals surface area contributed by atoms with Crippen LogP contribution >= 0.6 is 0 Å². The molecule has 0 spiro atoms. The van der Waals surface area contributed by atoms with E-state index in [0.717, 1.165) is 17.5 Å². The first-order chi connectivity index (χ1) is 9.70. The first-order valence-corrected chi connectivity index (χ1v) is 7.69. The smallest absolute Gasteiger partial charge is 0.154 e. The fourth-order valence-electron chi connectivity index (χ4n) is 3.06. The maximum atomic E-state index is 12.3. The highest BCUT2D eigenvalue weighted by Gasteiger charge is 2.22. The molecular weight excluding hydrogens is 246 g/mol. The van der Waals surface area contributed by atoms with Crippen LogP contribution in [0.4, 0.5) is 0 Å². The lowest BCUT2D eigenvalue weighted by Gasteiger charge is -2.21. The number of hydrogen-bond donors (Lipinski definition) is 0. The van der Waals surface area contributed by atoms with Crippen molar-refractivity contribution in [3.8, 4) is 6.07 Å². The Labute approximate surface area is 121 Å². The van der Waals surface area contributed by atoms with Gasteiger partial charge in [-0.1, -0.05) is 61.9 Å². The Morgan fingerprint density at radius 2 is 1.90 bits per heavy atom. The van der Waals surface area contributed by atoms with Crippen LogP contribution in [0.15, 0.2) is 24.3 Å². The summed E-state index contributed by atoms with van der Waals surface area (Å²) in [6, 6.07) is 9.92. The van der Waals surface area contributed by atoms with E-state index in [-0.39, 0.29) is 5.78 Å². The minimum atomic E-state index is -0.584. The number of benzene rings is 1. The molecule has 0 N–H and O–H groups in total. The molecule has 2 rings (SSSR count). The van der Waals surface area contributed by atoms with E-state index in [4.69, 9.17) is 0 Å². The number of hydrogen-bond acceptors (Lipinski definition) is 2. The van der Waals surface area contributed by atoms with Crippen molar-refractivity contribution in [1.29, 1.82) is 5.26 Å². The number of rotatable bonds is 5. The quantitative estimate of drug-likeness (QED) is 0.787. The van der Waals surface area contributed by atoms with Gasteiger partial charge in [-0.25, -0.2) is 0 Å². The lowest BCUT2D eigenvalue weighted by Crippen LogP contribution is -2.14. The third-order valence-electron chi connectivity index (χ3n) is 4.39. The van der Waals surface area contributed by atoms with Gasteiger partial charge in [-0.3, -0.25) is 4.79 Å². The maximum absolute atomic E-state index is 12.3. The van der Waals surface area contributed by atoms with Crippen molar-refractivity contribution in [1.82, 2.24) is 0 Å². The zero-order valence-electron chi connectivity index (χ0n) is 12.3. The maximum Gasteiger partial charge on any atom is 0.154 e. The van der Waals surface area contributed by atoms with Crippen LogP contribution in [0.25, 0.3) is 0 Å². The largest absolute Gasteiger partial charge is 0.298 e. The Morgan fingerprint density at radius 3 is 2.50 bits per heavy atom. The van der Waals surface area contributed by atoms with Crippen LogP contribution in [0.3, 0.4) is 0 Å². The van der Waals surface area contributed by atoms with Crippen molar-refractivity contribution < 1.29 is 4.79 Å². The average molecular weight is 269 g/mol. The van der Waals surface area contributed by atoms with Crippen LogP contribution in [0.5, 0.6) is 0 Å². The summed E-state index contributed by atoms with van der Waals surface area (Å²) >= 11 is 0. The number of nitriles is 1. The first kappa shape index (κ1) is 14.8. The van der Waals surface area contributed by atoms with E-state index in [1.165, 1.54) is 32.1 Å². The van der Waals surface area contributed by atoms with Crippen LogP contribution in [0.2, 0.25) is 0 Å². The molecule has 1 aromatic rings. The molecule has 1 fully saturated rings. The van der Waals surface area contributed by atoms with Crippen molar-refractivity contribution in [3.05, 3.63) is 35.4 Å². The van der Waals surface area contributed by atoms with Crippen molar-refractivity contribution in [2.45, 2.75) is 57.8 Å². The van der Waals surface area contributed by atoms with Crippen LogP contribution in [-0.4, -0.2) is 5.78 Å². The third kappa shape index (κ3) is 3.93. The predicted octanol–water partition coefficient (Wildman–Crippen LogP) is 4.53. The van der Waals surface area contributed by atoms with E-state index in [9.17, 15) is 10.1 Å². The number of aryl methyl sites for hydroxylation is 1. The minimum absolute atomic E-state index is 0.0851.